The number of nitrogens with zero attached hydrogens (tertiary/aromatic N) is 2. The van der Waals surface area contributed by atoms with Crippen molar-refractivity contribution in [3.63, 3.8) is 0 Å². The van der Waals surface area contributed by atoms with Crippen molar-refractivity contribution in [3.05, 3.63) is 40.1 Å². The summed E-state index contributed by atoms with van der Waals surface area (Å²) in [7, 11) is 0. The van der Waals surface area contributed by atoms with Crippen LogP contribution in [0.25, 0.3) is 0 Å². The van der Waals surface area contributed by atoms with Gasteiger partial charge in [0.1, 0.15) is 0 Å². The molecule has 3 nitrogen and oxygen atoms in total. The molecule has 0 aliphatic rings. The Labute approximate surface area is 90.8 Å². The summed E-state index contributed by atoms with van der Waals surface area (Å²) in [5, 5.41) is 5.84. The van der Waals surface area contributed by atoms with Gasteiger partial charge in [0, 0.05) is 11.6 Å². The lowest BCUT2D eigenvalue weighted by Crippen LogP contribution is -2.00. The van der Waals surface area contributed by atoms with Gasteiger partial charge in [0.05, 0.1) is 34.7 Å². The van der Waals surface area contributed by atoms with Crippen LogP contribution < -0.4 is 5.32 Å². The highest BCUT2D eigenvalue weighted by atomic mass is 35.5. The van der Waals surface area contributed by atoms with Crippen molar-refractivity contribution in [1.29, 1.82) is 0 Å². The predicted octanol–water partition coefficient (Wildman–Crippen LogP) is 2.80. The Morgan fingerprint density at radius 2 is 2.43 bits per heavy atom. The number of anilines is 1. The van der Waals surface area contributed by atoms with Crippen LogP contribution in [-0.4, -0.2) is 9.97 Å². The molecule has 1 N–H and O–H groups in total. The van der Waals surface area contributed by atoms with Gasteiger partial charge < -0.3 is 5.32 Å². The van der Waals surface area contributed by atoms with Crippen molar-refractivity contribution >= 4 is 28.6 Å². The second kappa shape index (κ2) is 4.39. The molecule has 0 radical (unpaired) electrons. The van der Waals surface area contributed by atoms with Gasteiger partial charge in [-0.3, -0.25) is 4.98 Å². The van der Waals surface area contributed by atoms with E-state index in [1.165, 1.54) is 0 Å². The maximum absolute atomic E-state index is 5.94. The van der Waals surface area contributed by atoms with E-state index in [0.29, 0.717) is 11.6 Å². The minimum Gasteiger partial charge on any atom is -0.377 e. The SMILES string of the molecule is Clc1ccncc1NCc1cscn1. The number of thiazole rings is 1. The number of pyridine rings is 1. The quantitative estimate of drug-likeness (QED) is 0.873. The fourth-order valence-electron chi connectivity index (χ4n) is 1.02. The molecule has 0 fully saturated rings. The van der Waals surface area contributed by atoms with Gasteiger partial charge in [-0.1, -0.05) is 11.6 Å². The van der Waals surface area contributed by atoms with Crippen LogP contribution in [0, 0.1) is 0 Å². The van der Waals surface area contributed by atoms with E-state index in [4.69, 9.17) is 11.6 Å². The monoisotopic (exact) mass is 225 g/mol. The largest absolute Gasteiger partial charge is 0.377 e. The van der Waals surface area contributed by atoms with Gasteiger partial charge in [-0.15, -0.1) is 11.3 Å². The number of aromatic nitrogens is 2. The van der Waals surface area contributed by atoms with Crippen molar-refractivity contribution < 1.29 is 0 Å². The second-order valence-electron chi connectivity index (χ2n) is 2.69. The molecule has 2 aromatic rings. The summed E-state index contributed by atoms with van der Waals surface area (Å²) in [5.41, 5.74) is 3.65. The first kappa shape index (κ1) is 9.43. The third kappa shape index (κ3) is 2.21. The lowest BCUT2D eigenvalue weighted by atomic mass is 10.4. The Hall–Kier alpha value is -1.13. The number of hydrogen-bond acceptors (Lipinski definition) is 4. The minimum absolute atomic E-state index is 0.676. The fraction of sp³-hybridized carbons (Fsp3) is 0.111. The molecule has 72 valence electrons. The number of nitrogens with one attached hydrogen (secondary N) is 1. The Morgan fingerprint density at radius 3 is 3.14 bits per heavy atom. The van der Waals surface area contributed by atoms with Crippen molar-refractivity contribution in [1.82, 2.24) is 9.97 Å². The zero-order chi connectivity index (χ0) is 9.80. The average Bonchev–Trinajstić information content (AvgIpc) is 2.69. The molecule has 0 atom stereocenters. The zero-order valence-corrected chi connectivity index (χ0v) is 8.85. The molecule has 0 saturated heterocycles. The highest BCUT2D eigenvalue weighted by molar-refractivity contribution is 7.07. The van der Waals surface area contributed by atoms with E-state index in [-0.39, 0.29) is 0 Å². The zero-order valence-electron chi connectivity index (χ0n) is 7.27. The molecule has 0 bridgehead atoms. The van der Waals surface area contributed by atoms with E-state index < -0.39 is 0 Å². The number of rotatable bonds is 3. The summed E-state index contributed by atoms with van der Waals surface area (Å²) in [5.74, 6) is 0. The molecule has 2 aromatic heterocycles. The van der Waals surface area contributed by atoms with Crippen LogP contribution >= 0.6 is 22.9 Å². The van der Waals surface area contributed by atoms with E-state index in [2.05, 4.69) is 15.3 Å². The van der Waals surface area contributed by atoms with E-state index in [9.17, 15) is 0 Å². The topological polar surface area (TPSA) is 37.8 Å². The van der Waals surface area contributed by atoms with Crippen LogP contribution in [0.1, 0.15) is 5.69 Å². The van der Waals surface area contributed by atoms with Crippen molar-refractivity contribution in [2.45, 2.75) is 6.54 Å². The molecule has 0 aromatic carbocycles. The molecular formula is C9H8ClN3S. The first-order chi connectivity index (χ1) is 6.86. The maximum atomic E-state index is 5.94. The molecular weight excluding hydrogens is 218 g/mol. The van der Waals surface area contributed by atoms with Gasteiger partial charge in [-0.05, 0) is 6.07 Å². The summed E-state index contributed by atoms with van der Waals surface area (Å²) in [4.78, 5) is 8.13. The lowest BCUT2D eigenvalue weighted by molar-refractivity contribution is 1.07. The Morgan fingerprint density at radius 1 is 1.50 bits per heavy atom. The van der Waals surface area contributed by atoms with Crippen LogP contribution in [0.15, 0.2) is 29.4 Å². The van der Waals surface area contributed by atoms with Gasteiger partial charge in [0.2, 0.25) is 0 Å². The molecule has 5 heteroatoms. The first-order valence-corrected chi connectivity index (χ1v) is 5.39. The van der Waals surface area contributed by atoms with Gasteiger partial charge in [-0.25, -0.2) is 4.98 Å². The Balaban J connectivity index is 2.02. The Kier molecular flexibility index (Phi) is 2.96. The van der Waals surface area contributed by atoms with E-state index in [1.807, 2.05) is 10.9 Å². The average molecular weight is 226 g/mol. The fourth-order valence-corrected chi connectivity index (χ4v) is 1.75. The molecule has 2 rings (SSSR count). The molecule has 0 saturated carbocycles. The third-order valence-electron chi connectivity index (χ3n) is 1.71. The van der Waals surface area contributed by atoms with Crippen molar-refractivity contribution in [2.24, 2.45) is 0 Å². The second-order valence-corrected chi connectivity index (χ2v) is 3.81. The number of hydrogen-bond donors (Lipinski definition) is 1. The summed E-state index contributed by atoms with van der Waals surface area (Å²) in [6.07, 6.45) is 3.37. The van der Waals surface area contributed by atoms with Crippen LogP contribution in [0.2, 0.25) is 5.02 Å². The Bertz CT molecular complexity index is 402. The van der Waals surface area contributed by atoms with Crippen molar-refractivity contribution in [2.75, 3.05) is 5.32 Å². The normalized spacial score (nSPS) is 10.1. The number of halogens is 1. The summed E-state index contributed by atoms with van der Waals surface area (Å²) >= 11 is 7.52. The van der Waals surface area contributed by atoms with E-state index in [0.717, 1.165) is 11.4 Å². The van der Waals surface area contributed by atoms with E-state index >= 15 is 0 Å². The lowest BCUT2D eigenvalue weighted by Gasteiger charge is -2.04. The summed E-state index contributed by atoms with van der Waals surface area (Å²) < 4.78 is 0. The highest BCUT2D eigenvalue weighted by Gasteiger charge is 1.99. The summed E-state index contributed by atoms with van der Waals surface area (Å²) in [6, 6.07) is 1.75. The van der Waals surface area contributed by atoms with Crippen LogP contribution in [0.4, 0.5) is 5.69 Å². The highest BCUT2D eigenvalue weighted by Crippen LogP contribution is 2.19. The van der Waals surface area contributed by atoms with Gasteiger partial charge in [-0.2, -0.15) is 0 Å². The minimum atomic E-state index is 0.676. The smallest absolute Gasteiger partial charge is 0.0795 e. The molecule has 14 heavy (non-hydrogen) atoms. The van der Waals surface area contributed by atoms with E-state index in [1.54, 1.807) is 29.8 Å². The molecule has 0 unspecified atom stereocenters. The van der Waals surface area contributed by atoms with Gasteiger partial charge >= 0.3 is 0 Å². The maximum Gasteiger partial charge on any atom is 0.0795 e. The van der Waals surface area contributed by atoms with Crippen LogP contribution in [0.3, 0.4) is 0 Å². The first-order valence-electron chi connectivity index (χ1n) is 4.07. The molecule has 0 aliphatic carbocycles. The molecule has 0 spiro atoms. The van der Waals surface area contributed by atoms with Crippen LogP contribution in [0.5, 0.6) is 0 Å². The standard InChI is InChI=1S/C9H8ClN3S/c10-8-1-2-11-4-9(8)12-3-7-5-14-6-13-7/h1-2,4-6,12H,3H2. The third-order valence-corrected chi connectivity index (χ3v) is 2.68. The van der Waals surface area contributed by atoms with Gasteiger partial charge in [0.15, 0.2) is 0 Å². The van der Waals surface area contributed by atoms with Gasteiger partial charge in [0.25, 0.3) is 0 Å². The van der Waals surface area contributed by atoms with Crippen LogP contribution in [-0.2, 0) is 6.54 Å². The predicted molar refractivity (Wildman–Crippen MR) is 58.7 cm³/mol. The molecule has 2 heterocycles. The summed E-state index contributed by atoms with van der Waals surface area (Å²) in [6.45, 7) is 0.676. The molecule has 0 aliphatic heterocycles. The molecule has 0 amide bonds. The van der Waals surface area contributed by atoms with Crippen molar-refractivity contribution in [3.8, 4) is 0 Å².